The highest BCUT2D eigenvalue weighted by atomic mass is 32.2. The summed E-state index contributed by atoms with van der Waals surface area (Å²) < 4.78 is 28.5. The first kappa shape index (κ1) is 21.4. The number of nitrogens with zero attached hydrogens (tertiary/aromatic N) is 2. The normalized spacial score (nSPS) is 15.9. The van der Waals surface area contributed by atoms with Crippen LogP contribution in [0.4, 0.5) is 16.2 Å². The molecule has 0 saturated carbocycles. The van der Waals surface area contributed by atoms with Crippen LogP contribution in [0.5, 0.6) is 0 Å². The summed E-state index contributed by atoms with van der Waals surface area (Å²) in [6, 6.07) is 11.6. The van der Waals surface area contributed by atoms with E-state index in [1.807, 2.05) is 13.0 Å². The van der Waals surface area contributed by atoms with Gasteiger partial charge in [0, 0.05) is 19.7 Å². The molecule has 0 saturated heterocycles. The van der Waals surface area contributed by atoms with E-state index in [0.717, 1.165) is 17.4 Å². The summed E-state index contributed by atoms with van der Waals surface area (Å²) in [6.07, 6.45) is 5.75. The van der Waals surface area contributed by atoms with E-state index in [-0.39, 0.29) is 30.0 Å². The van der Waals surface area contributed by atoms with Gasteiger partial charge in [-0.25, -0.2) is 13.2 Å². The summed E-state index contributed by atoms with van der Waals surface area (Å²) in [7, 11) is -3.30. The van der Waals surface area contributed by atoms with Crippen LogP contribution in [0.15, 0.2) is 47.4 Å². The van der Waals surface area contributed by atoms with Crippen molar-refractivity contribution in [2.45, 2.75) is 24.8 Å². The second-order valence-electron chi connectivity index (χ2n) is 7.11. The lowest BCUT2D eigenvalue weighted by Crippen LogP contribution is -2.51. The molecule has 2 aromatic rings. The van der Waals surface area contributed by atoms with Crippen LogP contribution in [0, 0.1) is 12.3 Å². The van der Waals surface area contributed by atoms with Gasteiger partial charge in [-0.1, -0.05) is 24.1 Å². The number of fused-ring (bicyclic) bond motifs is 1. The molecule has 1 heterocycles. The van der Waals surface area contributed by atoms with Crippen LogP contribution in [-0.4, -0.2) is 45.9 Å². The molecule has 3 rings (SSSR count). The molecule has 0 bridgehead atoms. The van der Waals surface area contributed by atoms with Gasteiger partial charge in [0.15, 0.2) is 16.4 Å². The SMILES string of the molecule is C#CCOC(=O)N1CC(C)N(C(C)=O)c2ccc(-c3ccc(S(C)(=O)=O)cc3)cc21. The maximum absolute atomic E-state index is 12.6. The Hall–Kier alpha value is -3.31. The highest BCUT2D eigenvalue weighted by Gasteiger charge is 2.34. The largest absolute Gasteiger partial charge is 0.436 e. The van der Waals surface area contributed by atoms with Crippen LogP contribution in [0.3, 0.4) is 0 Å². The number of hydrogen-bond acceptors (Lipinski definition) is 5. The van der Waals surface area contributed by atoms with Crippen molar-refractivity contribution in [3.05, 3.63) is 42.5 Å². The highest BCUT2D eigenvalue weighted by Crippen LogP contribution is 2.39. The molecule has 30 heavy (non-hydrogen) atoms. The first-order valence-corrected chi connectivity index (χ1v) is 11.1. The van der Waals surface area contributed by atoms with Gasteiger partial charge in [-0.2, -0.15) is 0 Å². The fourth-order valence-corrected chi connectivity index (χ4v) is 4.16. The number of terminal acetylenes is 1. The average Bonchev–Trinajstić information content (AvgIpc) is 2.70. The summed E-state index contributed by atoms with van der Waals surface area (Å²) in [5, 5.41) is 0. The number of carbonyl (C=O) groups is 2. The smallest absolute Gasteiger partial charge is 0.415 e. The van der Waals surface area contributed by atoms with Gasteiger partial charge in [0.05, 0.1) is 22.3 Å². The summed E-state index contributed by atoms with van der Waals surface area (Å²) in [4.78, 5) is 28.1. The van der Waals surface area contributed by atoms with Crippen molar-refractivity contribution >= 4 is 33.2 Å². The van der Waals surface area contributed by atoms with Crippen molar-refractivity contribution in [2.75, 3.05) is 29.2 Å². The molecular formula is C22H22N2O5S. The number of carbonyl (C=O) groups excluding carboxylic acids is 2. The molecule has 0 spiro atoms. The minimum absolute atomic E-state index is 0.134. The molecule has 7 nitrogen and oxygen atoms in total. The number of amides is 2. The zero-order valence-corrected chi connectivity index (χ0v) is 17.8. The second kappa shape index (κ2) is 8.20. The van der Waals surface area contributed by atoms with Crippen LogP contribution >= 0.6 is 0 Å². The number of hydrogen-bond donors (Lipinski definition) is 0. The molecule has 2 aromatic carbocycles. The van der Waals surface area contributed by atoms with Gasteiger partial charge in [0.25, 0.3) is 0 Å². The number of rotatable bonds is 3. The Labute approximate surface area is 176 Å². The second-order valence-corrected chi connectivity index (χ2v) is 9.12. The monoisotopic (exact) mass is 426 g/mol. The molecule has 1 aliphatic heterocycles. The number of sulfone groups is 1. The Morgan fingerprint density at radius 2 is 1.77 bits per heavy atom. The van der Waals surface area contributed by atoms with Gasteiger partial charge < -0.3 is 9.64 Å². The Bertz CT molecular complexity index is 1130. The molecular weight excluding hydrogens is 404 g/mol. The first-order valence-electron chi connectivity index (χ1n) is 9.25. The van der Waals surface area contributed by atoms with E-state index in [1.54, 1.807) is 29.2 Å². The first-order chi connectivity index (χ1) is 14.1. The molecule has 1 aliphatic rings. The summed E-state index contributed by atoms with van der Waals surface area (Å²) in [6.45, 7) is 3.43. The molecule has 0 radical (unpaired) electrons. The summed E-state index contributed by atoms with van der Waals surface area (Å²) >= 11 is 0. The summed E-state index contributed by atoms with van der Waals surface area (Å²) in [5.41, 5.74) is 2.65. The zero-order valence-electron chi connectivity index (χ0n) is 17.0. The number of anilines is 2. The Balaban J connectivity index is 2.07. The quantitative estimate of drug-likeness (QED) is 0.705. The molecule has 1 atom stereocenters. The van der Waals surface area contributed by atoms with Gasteiger partial charge in [-0.05, 0) is 42.3 Å². The van der Waals surface area contributed by atoms with Gasteiger partial charge >= 0.3 is 6.09 Å². The van der Waals surface area contributed by atoms with Gasteiger partial charge in [0.2, 0.25) is 5.91 Å². The standard InChI is InChI=1S/C22H22N2O5S/c1-5-12-29-22(26)23-14-15(2)24(16(3)25)20-11-8-18(13-21(20)23)17-6-9-19(10-7-17)30(4,27)28/h1,6-11,13,15H,12,14H2,2-4H3. The zero-order chi connectivity index (χ0) is 22.1. The highest BCUT2D eigenvalue weighted by molar-refractivity contribution is 7.90. The topological polar surface area (TPSA) is 84.0 Å². The van der Waals surface area contributed by atoms with Crippen LogP contribution in [-0.2, 0) is 19.4 Å². The van der Waals surface area contributed by atoms with Crippen LogP contribution in [0.25, 0.3) is 11.1 Å². The van der Waals surface area contributed by atoms with Crippen LogP contribution < -0.4 is 9.80 Å². The van der Waals surface area contributed by atoms with Crippen LogP contribution in [0.1, 0.15) is 13.8 Å². The van der Waals surface area contributed by atoms with Gasteiger partial charge in [-0.3, -0.25) is 9.69 Å². The molecule has 0 fully saturated rings. The number of benzene rings is 2. The van der Waals surface area contributed by atoms with Crippen molar-refractivity contribution in [2.24, 2.45) is 0 Å². The van der Waals surface area contributed by atoms with Crippen molar-refractivity contribution in [1.82, 2.24) is 0 Å². The minimum atomic E-state index is -3.30. The molecule has 2 amide bonds. The van der Waals surface area contributed by atoms with Crippen molar-refractivity contribution in [1.29, 1.82) is 0 Å². The maximum Gasteiger partial charge on any atom is 0.415 e. The fraction of sp³-hybridized carbons (Fsp3) is 0.273. The predicted octanol–water partition coefficient (Wildman–Crippen LogP) is 3.09. The average molecular weight is 426 g/mol. The molecule has 0 N–H and O–H groups in total. The van der Waals surface area contributed by atoms with Crippen LogP contribution in [0.2, 0.25) is 0 Å². The lowest BCUT2D eigenvalue weighted by molar-refractivity contribution is -0.117. The van der Waals surface area contributed by atoms with Gasteiger partial charge in [-0.15, -0.1) is 6.42 Å². The van der Waals surface area contributed by atoms with E-state index >= 15 is 0 Å². The van der Waals surface area contributed by atoms with E-state index in [1.165, 1.54) is 24.0 Å². The third kappa shape index (κ3) is 4.16. The molecule has 0 aliphatic carbocycles. The third-order valence-corrected chi connectivity index (χ3v) is 6.00. The molecule has 1 unspecified atom stereocenters. The van der Waals surface area contributed by atoms with E-state index in [9.17, 15) is 18.0 Å². The maximum atomic E-state index is 12.6. The lowest BCUT2D eigenvalue weighted by Gasteiger charge is -2.40. The molecule has 156 valence electrons. The van der Waals surface area contributed by atoms with Crippen molar-refractivity contribution in [3.63, 3.8) is 0 Å². The third-order valence-electron chi connectivity index (χ3n) is 4.87. The molecule has 8 heteroatoms. The van der Waals surface area contributed by atoms with E-state index in [2.05, 4.69) is 5.92 Å². The lowest BCUT2D eigenvalue weighted by atomic mass is 10.0. The Morgan fingerprint density at radius 3 is 2.33 bits per heavy atom. The van der Waals surface area contributed by atoms with Crippen molar-refractivity contribution in [3.8, 4) is 23.5 Å². The predicted molar refractivity (Wildman–Crippen MR) is 115 cm³/mol. The van der Waals surface area contributed by atoms with E-state index in [0.29, 0.717) is 11.4 Å². The number of ether oxygens (including phenoxy) is 1. The van der Waals surface area contributed by atoms with Crippen molar-refractivity contribution < 1.29 is 22.7 Å². The summed E-state index contributed by atoms with van der Waals surface area (Å²) in [5.74, 6) is 2.14. The Kier molecular flexibility index (Phi) is 5.85. The van der Waals surface area contributed by atoms with E-state index < -0.39 is 15.9 Å². The van der Waals surface area contributed by atoms with Gasteiger partial charge in [0.1, 0.15) is 0 Å². The Morgan fingerprint density at radius 1 is 1.13 bits per heavy atom. The molecule has 0 aromatic heterocycles. The fourth-order valence-electron chi connectivity index (χ4n) is 3.53. The van der Waals surface area contributed by atoms with E-state index in [4.69, 9.17) is 11.2 Å². The minimum Gasteiger partial charge on any atom is -0.436 e.